The SMILES string of the molecule is CCCCC(CC)CN(CC(CC)CCCC)S(=O)(=O)c1ccccc1N=Nc1c(C)c(C#N)c(O)[nH]c1=O. The van der Waals surface area contributed by atoms with Crippen LogP contribution in [0.2, 0.25) is 0 Å². The van der Waals surface area contributed by atoms with E-state index < -0.39 is 21.5 Å². The van der Waals surface area contributed by atoms with Gasteiger partial charge in [0.1, 0.15) is 22.2 Å². The summed E-state index contributed by atoms with van der Waals surface area (Å²) in [6, 6.07) is 8.22. The van der Waals surface area contributed by atoms with E-state index in [9.17, 15) is 23.6 Å². The summed E-state index contributed by atoms with van der Waals surface area (Å²) in [5.41, 5.74) is -0.738. The Balaban J connectivity index is 2.55. The van der Waals surface area contributed by atoms with Crippen molar-refractivity contribution in [1.82, 2.24) is 9.29 Å². The van der Waals surface area contributed by atoms with Gasteiger partial charge in [-0.3, -0.25) is 9.78 Å². The molecule has 0 spiro atoms. The predicted molar refractivity (Wildman–Crippen MR) is 154 cm³/mol. The molecule has 0 bridgehead atoms. The number of hydrogen-bond donors (Lipinski definition) is 2. The molecule has 10 heteroatoms. The molecule has 9 nitrogen and oxygen atoms in total. The molecule has 1 aromatic carbocycles. The fraction of sp³-hybridized carbons (Fsp3) is 0.586. The lowest BCUT2D eigenvalue weighted by Crippen LogP contribution is -2.39. The second-order valence-corrected chi connectivity index (χ2v) is 12.0. The first-order valence-corrected chi connectivity index (χ1v) is 15.4. The van der Waals surface area contributed by atoms with Crippen LogP contribution in [0.3, 0.4) is 0 Å². The number of aromatic nitrogens is 1. The van der Waals surface area contributed by atoms with Crippen LogP contribution < -0.4 is 5.56 Å². The second-order valence-electron chi connectivity index (χ2n) is 10.1. The van der Waals surface area contributed by atoms with Crippen molar-refractivity contribution in [2.75, 3.05) is 13.1 Å². The first-order valence-electron chi connectivity index (χ1n) is 14.0. The van der Waals surface area contributed by atoms with Gasteiger partial charge in [0, 0.05) is 18.7 Å². The van der Waals surface area contributed by atoms with E-state index in [1.165, 1.54) is 13.0 Å². The normalized spacial score (nSPS) is 13.6. The van der Waals surface area contributed by atoms with Crippen molar-refractivity contribution in [2.45, 2.75) is 90.9 Å². The number of unbranched alkanes of at least 4 members (excludes halogenated alkanes) is 2. The summed E-state index contributed by atoms with van der Waals surface area (Å²) < 4.78 is 30.0. The number of nitriles is 1. The number of rotatable bonds is 16. The van der Waals surface area contributed by atoms with E-state index in [-0.39, 0.29) is 39.2 Å². The molecular formula is C29H43N5O4S. The summed E-state index contributed by atoms with van der Waals surface area (Å²) in [5.74, 6) is -0.0423. The molecule has 214 valence electrons. The number of hydrogen-bond acceptors (Lipinski definition) is 7. The zero-order valence-corrected chi connectivity index (χ0v) is 24.7. The molecule has 0 saturated heterocycles. The Bertz CT molecular complexity index is 1300. The van der Waals surface area contributed by atoms with E-state index in [0.29, 0.717) is 13.1 Å². The molecule has 0 aliphatic carbocycles. The van der Waals surface area contributed by atoms with Crippen LogP contribution >= 0.6 is 0 Å². The van der Waals surface area contributed by atoms with E-state index in [0.717, 1.165) is 51.4 Å². The number of benzene rings is 1. The maximum Gasteiger partial charge on any atom is 0.278 e. The van der Waals surface area contributed by atoms with Crippen LogP contribution in [0.4, 0.5) is 11.4 Å². The van der Waals surface area contributed by atoms with Gasteiger partial charge in [-0.2, -0.15) is 9.57 Å². The largest absolute Gasteiger partial charge is 0.494 e. The first kappa shape index (κ1) is 32.2. The summed E-state index contributed by atoms with van der Waals surface area (Å²) in [6.07, 6.45) is 7.94. The van der Waals surface area contributed by atoms with Crippen LogP contribution in [-0.2, 0) is 10.0 Å². The summed E-state index contributed by atoms with van der Waals surface area (Å²) in [4.78, 5) is 14.6. The maximum absolute atomic E-state index is 14.2. The Morgan fingerprint density at radius 3 is 2.08 bits per heavy atom. The number of azo groups is 1. The van der Waals surface area contributed by atoms with Crippen molar-refractivity contribution in [1.29, 1.82) is 5.26 Å². The number of H-pyrrole nitrogens is 1. The Hall–Kier alpha value is -3.03. The fourth-order valence-corrected chi connectivity index (χ4v) is 6.35. The van der Waals surface area contributed by atoms with Crippen molar-refractivity contribution < 1.29 is 13.5 Å². The molecule has 2 rings (SSSR count). The average Bonchev–Trinajstić information content (AvgIpc) is 2.92. The van der Waals surface area contributed by atoms with E-state index in [4.69, 9.17) is 0 Å². The van der Waals surface area contributed by atoms with Gasteiger partial charge in [-0.05, 0) is 43.7 Å². The molecule has 2 unspecified atom stereocenters. The van der Waals surface area contributed by atoms with Crippen LogP contribution in [0.1, 0.15) is 90.2 Å². The smallest absolute Gasteiger partial charge is 0.278 e. The minimum Gasteiger partial charge on any atom is -0.494 e. The number of nitrogens with one attached hydrogen (secondary N) is 1. The summed E-state index contributed by atoms with van der Waals surface area (Å²) in [5, 5.41) is 27.4. The minimum atomic E-state index is -3.93. The van der Waals surface area contributed by atoms with Gasteiger partial charge in [0.2, 0.25) is 15.9 Å². The van der Waals surface area contributed by atoms with Crippen molar-refractivity contribution in [3.63, 3.8) is 0 Å². The van der Waals surface area contributed by atoms with Gasteiger partial charge in [-0.1, -0.05) is 78.4 Å². The monoisotopic (exact) mass is 557 g/mol. The van der Waals surface area contributed by atoms with Gasteiger partial charge >= 0.3 is 0 Å². The number of pyridine rings is 1. The lowest BCUT2D eigenvalue weighted by Gasteiger charge is -2.30. The predicted octanol–water partition coefficient (Wildman–Crippen LogP) is 7.10. The quantitative estimate of drug-likeness (QED) is 0.212. The van der Waals surface area contributed by atoms with E-state index >= 15 is 0 Å². The molecule has 1 aromatic heterocycles. The highest BCUT2D eigenvalue weighted by Crippen LogP contribution is 2.32. The van der Waals surface area contributed by atoms with Gasteiger partial charge in [0.15, 0.2) is 5.69 Å². The Kier molecular flexibility index (Phi) is 12.8. The highest BCUT2D eigenvalue weighted by molar-refractivity contribution is 7.89. The Morgan fingerprint density at radius 1 is 1.00 bits per heavy atom. The standard InChI is InChI=1S/C29H43N5O4S/c1-6-10-14-22(8-3)19-34(20-23(9-4)15-11-7-2)39(37,38)26-17-13-12-16-25(26)32-33-27-21(5)24(18-30)28(35)31-29(27)36/h12-13,16-17,22-23H,6-11,14-15,19-20H2,1-5H3,(H2,31,35,36). The summed E-state index contributed by atoms with van der Waals surface area (Å²) >= 11 is 0. The summed E-state index contributed by atoms with van der Waals surface area (Å²) in [6.45, 7) is 10.9. The molecule has 0 aliphatic heterocycles. The highest BCUT2D eigenvalue weighted by Gasteiger charge is 2.30. The van der Waals surface area contributed by atoms with Crippen LogP contribution in [0, 0.1) is 30.1 Å². The minimum absolute atomic E-state index is 0.0257. The van der Waals surface area contributed by atoms with Gasteiger partial charge in [0.25, 0.3) is 5.56 Å². The number of aromatic hydroxyl groups is 1. The number of nitrogens with zero attached hydrogens (tertiary/aromatic N) is 4. The third-order valence-electron chi connectivity index (χ3n) is 7.28. The van der Waals surface area contributed by atoms with Crippen molar-refractivity contribution in [2.24, 2.45) is 22.1 Å². The van der Waals surface area contributed by atoms with Crippen molar-refractivity contribution in [3.8, 4) is 11.9 Å². The second kappa shape index (κ2) is 15.5. The fourth-order valence-electron chi connectivity index (χ4n) is 4.63. The third-order valence-corrected chi connectivity index (χ3v) is 9.16. The molecular weight excluding hydrogens is 514 g/mol. The molecule has 2 N–H and O–H groups in total. The Morgan fingerprint density at radius 2 is 1.56 bits per heavy atom. The molecule has 0 radical (unpaired) electrons. The molecule has 2 aromatic rings. The molecule has 1 heterocycles. The summed E-state index contributed by atoms with van der Waals surface area (Å²) in [7, 11) is -3.93. The number of aromatic amines is 1. The van der Waals surface area contributed by atoms with Crippen molar-refractivity contribution >= 4 is 21.4 Å². The molecule has 2 atom stereocenters. The van der Waals surface area contributed by atoms with Crippen molar-refractivity contribution in [3.05, 3.63) is 45.7 Å². The van der Waals surface area contributed by atoms with E-state index in [1.807, 2.05) is 6.07 Å². The molecule has 0 amide bonds. The zero-order valence-electron chi connectivity index (χ0n) is 23.9. The van der Waals surface area contributed by atoms with Gasteiger partial charge in [-0.15, -0.1) is 10.2 Å². The Labute approximate surface area is 233 Å². The zero-order chi connectivity index (χ0) is 29.0. The lowest BCUT2D eigenvalue weighted by atomic mass is 9.97. The molecule has 39 heavy (non-hydrogen) atoms. The maximum atomic E-state index is 14.2. The van der Waals surface area contributed by atoms with Gasteiger partial charge in [0.05, 0.1) is 0 Å². The van der Waals surface area contributed by atoms with E-state index in [1.54, 1.807) is 22.5 Å². The highest BCUT2D eigenvalue weighted by atomic mass is 32.2. The molecule has 0 saturated carbocycles. The lowest BCUT2D eigenvalue weighted by molar-refractivity contribution is 0.270. The van der Waals surface area contributed by atoms with Crippen LogP contribution in [-0.4, -0.2) is 35.9 Å². The average molecular weight is 558 g/mol. The van der Waals surface area contributed by atoms with Crippen LogP contribution in [0.15, 0.2) is 44.2 Å². The van der Waals surface area contributed by atoms with Crippen LogP contribution in [0.25, 0.3) is 0 Å². The number of sulfonamides is 1. The molecule has 0 fully saturated rings. The van der Waals surface area contributed by atoms with E-state index in [2.05, 4.69) is 42.9 Å². The topological polar surface area (TPSA) is 139 Å². The third kappa shape index (κ3) is 8.48. The van der Waals surface area contributed by atoms with Gasteiger partial charge < -0.3 is 5.11 Å². The molecule has 0 aliphatic rings. The van der Waals surface area contributed by atoms with Crippen LogP contribution in [0.5, 0.6) is 5.88 Å². The van der Waals surface area contributed by atoms with Gasteiger partial charge in [-0.25, -0.2) is 8.42 Å². The first-order chi connectivity index (χ1) is 18.6.